The van der Waals surface area contributed by atoms with Crippen LogP contribution in [0.25, 0.3) is 33.8 Å². The maximum Gasteiger partial charge on any atom is 0.573 e. The Morgan fingerprint density at radius 2 is 1.61 bits per heavy atom. The van der Waals surface area contributed by atoms with Crippen molar-refractivity contribution in [1.29, 1.82) is 0 Å². The van der Waals surface area contributed by atoms with E-state index in [1.54, 1.807) is 22.9 Å². The van der Waals surface area contributed by atoms with Gasteiger partial charge in [0.1, 0.15) is 11.6 Å². The van der Waals surface area contributed by atoms with Gasteiger partial charge in [0.25, 0.3) is 0 Å². The molecule has 212 valence electrons. The monoisotopic (exact) mass is 583 g/mol. The second-order valence-corrected chi connectivity index (χ2v) is 11.1. The van der Waals surface area contributed by atoms with E-state index in [2.05, 4.69) is 20.0 Å². The average Bonchev–Trinajstić information content (AvgIpc) is 3.54. The molecule has 0 spiro atoms. The van der Waals surface area contributed by atoms with E-state index in [1.807, 2.05) is 42.8 Å². The Labute approximate surface area is 233 Å². The predicted octanol–water partition coefficient (Wildman–Crippen LogP) is 5.68. The molecule has 0 fully saturated rings. The third-order valence-corrected chi connectivity index (χ3v) is 7.72. The topological polar surface area (TPSA) is 101 Å². The molecule has 0 atom stereocenters. The van der Waals surface area contributed by atoms with Crippen molar-refractivity contribution in [1.82, 2.24) is 24.5 Å². The number of alkyl halides is 3. The molecule has 0 aliphatic heterocycles. The smallest absolute Gasteiger partial charge is 0.406 e. The number of imidazole rings is 1. The van der Waals surface area contributed by atoms with Gasteiger partial charge in [-0.15, -0.1) is 18.3 Å². The molecule has 0 bridgehead atoms. The molecule has 41 heavy (non-hydrogen) atoms. The highest BCUT2D eigenvalue weighted by atomic mass is 32.2. The van der Waals surface area contributed by atoms with Gasteiger partial charge >= 0.3 is 6.36 Å². The number of sulfone groups is 1. The highest BCUT2D eigenvalue weighted by Crippen LogP contribution is 2.33. The zero-order valence-corrected chi connectivity index (χ0v) is 22.9. The van der Waals surface area contributed by atoms with Crippen LogP contribution in [0.5, 0.6) is 5.75 Å². The molecular formula is C28H24F3N5O4S. The Balaban J connectivity index is 1.65. The molecule has 0 unspecified atom stereocenters. The van der Waals surface area contributed by atoms with E-state index in [1.165, 1.54) is 43.6 Å². The highest BCUT2D eigenvalue weighted by Gasteiger charge is 2.31. The van der Waals surface area contributed by atoms with E-state index in [9.17, 15) is 21.6 Å². The minimum Gasteiger partial charge on any atom is -0.406 e. The summed E-state index contributed by atoms with van der Waals surface area (Å²) >= 11 is 0. The Morgan fingerprint density at radius 3 is 2.27 bits per heavy atom. The molecule has 3 aromatic carbocycles. The fourth-order valence-electron chi connectivity index (χ4n) is 4.47. The Kier molecular flexibility index (Phi) is 7.41. The van der Waals surface area contributed by atoms with Crippen molar-refractivity contribution in [2.45, 2.75) is 25.1 Å². The SMILES string of the molecule is COCS(=O)(=O)c1cccc(-c2ccc(-n3cc(C)nc3C)c(-n3nncc3-c3ccc(OC(F)(F)F)cc3)c2)c1. The standard InChI is InChI=1S/C28H24F3N5O4S/c1-18-16-35(19(2)33-18)25-12-9-22(21-5-4-6-24(13-21)41(37,38)17-39-3)14-26(25)36-27(15-32-34-36)20-7-10-23(11-8-20)40-28(29,30)31/h4-16H,17H2,1-3H3. The first-order valence-corrected chi connectivity index (χ1v) is 13.9. The van der Waals surface area contributed by atoms with Gasteiger partial charge in [-0.05, 0) is 73.5 Å². The van der Waals surface area contributed by atoms with Crippen LogP contribution in [-0.4, -0.2) is 52.4 Å². The fraction of sp³-hybridized carbons (Fsp3) is 0.179. The Hall–Kier alpha value is -4.49. The molecule has 0 aliphatic rings. The number of hydrogen-bond acceptors (Lipinski definition) is 7. The second-order valence-electron chi connectivity index (χ2n) is 9.16. The first-order chi connectivity index (χ1) is 19.4. The molecule has 2 aromatic heterocycles. The van der Waals surface area contributed by atoms with E-state index < -0.39 is 22.1 Å². The van der Waals surface area contributed by atoms with E-state index in [0.717, 1.165) is 11.5 Å². The van der Waals surface area contributed by atoms with Crippen molar-refractivity contribution < 1.29 is 31.1 Å². The van der Waals surface area contributed by atoms with Crippen molar-refractivity contribution in [3.8, 4) is 39.5 Å². The van der Waals surface area contributed by atoms with Gasteiger partial charge in [0.15, 0.2) is 5.94 Å². The van der Waals surface area contributed by atoms with Crippen LogP contribution in [0.1, 0.15) is 11.5 Å². The van der Waals surface area contributed by atoms with Crippen LogP contribution in [0.15, 0.2) is 84.0 Å². The van der Waals surface area contributed by atoms with Crippen LogP contribution >= 0.6 is 0 Å². The molecule has 13 heteroatoms. The van der Waals surface area contributed by atoms with Crippen LogP contribution in [0, 0.1) is 13.8 Å². The molecule has 0 saturated carbocycles. The van der Waals surface area contributed by atoms with Gasteiger partial charge in [-0.2, -0.15) is 0 Å². The maximum atomic E-state index is 12.7. The van der Waals surface area contributed by atoms with Gasteiger partial charge in [-0.3, -0.25) is 0 Å². The van der Waals surface area contributed by atoms with E-state index in [0.29, 0.717) is 33.8 Å². The summed E-state index contributed by atoms with van der Waals surface area (Å²) < 4.78 is 75.5. The van der Waals surface area contributed by atoms with Crippen molar-refractivity contribution >= 4 is 9.84 Å². The zero-order valence-electron chi connectivity index (χ0n) is 22.1. The predicted molar refractivity (Wildman–Crippen MR) is 145 cm³/mol. The van der Waals surface area contributed by atoms with Gasteiger partial charge in [0.05, 0.1) is 33.9 Å². The molecule has 0 saturated heterocycles. The molecule has 5 aromatic rings. The minimum atomic E-state index is -4.80. The van der Waals surface area contributed by atoms with Crippen LogP contribution in [0.4, 0.5) is 13.2 Å². The summed E-state index contributed by atoms with van der Waals surface area (Å²) in [5, 5.41) is 8.36. The van der Waals surface area contributed by atoms with E-state index in [4.69, 9.17) is 4.74 Å². The summed E-state index contributed by atoms with van der Waals surface area (Å²) in [6.07, 6.45) is -1.44. The zero-order chi connectivity index (χ0) is 29.4. The maximum absolute atomic E-state index is 12.7. The quantitative estimate of drug-likeness (QED) is 0.232. The molecule has 9 nitrogen and oxygen atoms in total. The summed E-state index contributed by atoms with van der Waals surface area (Å²) in [6, 6.07) is 17.5. The van der Waals surface area contributed by atoms with Crippen LogP contribution < -0.4 is 4.74 Å². The third kappa shape index (κ3) is 6.00. The molecule has 0 amide bonds. The lowest BCUT2D eigenvalue weighted by atomic mass is 10.0. The van der Waals surface area contributed by atoms with Crippen LogP contribution in [-0.2, 0) is 14.6 Å². The molecular weight excluding hydrogens is 559 g/mol. The lowest BCUT2D eigenvalue weighted by Crippen LogP contribution is -2.16. The number of aromatic nitrogens is 5. The fourth-order valence-corrected chi connectivity index (χ4v) is 5.51. The molecule has 0 radical (unpaired) electrons. The number of hydrogen-bond donors (Lipinski definition) is 0. The summed E-state index contributed by atoms with van der Waals surface area (Å²) in [4.78, 5) is 4.62. The summed E-state index contributed by atoms with van der Waals surface area (Å²) in [5.41, 5.74) is 4.48. The first kappa shape index (κ1) is 28.1. The molecule has 0 N–H and O–H groups in total. The Bertz CT molecular complexity index is 1810. The molecule has 0 aliphatic carbocycles. The second kappa shape index (κ2) is 10.8. The van der Waals surface area contributed by atoms with E-state index >= 15 is 0 Å². The van der Waals surface area contributed by atoms with E-state index in [-0.39, 0.29) is 10.6 Å². The number of nitrogens with zero attached hydrogens (tertiary/aromatic N) is 5. The normalized spacial score (nSPS) is 12.0. The van der Waals surface area contributed by atoms with Crippen LogP contribution in [0.3, 0.4) is 0 Å². The summed E-state index contributed by atoms with van der Waals surface area (Å²) in [5.74, 6) is -0.0788. The number of halogens is 3. The highest BCUT2D eigenvalue weighted by molar-refractivity contribution is 7.91. The lowest BCUT2D eigenvalue weighted by Gasteiger charge is -2.16. The largest absolute Gasteiger partial charge is 0.573 e. The summed E-state index contributed by atoms with van der Waals surface area (Å²) in [6.45, 7) is 3.73. The number of rotatable bonds is 8. The van der Waals surface area contributed by atoms with Crippen LogP contribution in [0.2, 0.25) is 0 Å². The van der Waals surface area contributed by atoms with Gasteiger partial charge in [-0.25, -0.2) is 18.1 Å². The average molecular weight is 584 g/mol. The van der Waals surface area contributed by atoms with Gasteiger partial charge in [0.2, 0.25) is 9.84 Å². The number of ether oxygens (including phenoxy) is 2. The number of benzene rings is 3. The Morgan fingerprint density at radius 1 is 0.902 bits per heavy atom. The van der Waals surface area contributed by atoms with Gasteiger partial charge in [0, 0.05) is 18.9 Å². The number of methoxy groups -OCH3 is 1. The molecule has 2 heterocycles. The minimum absolute atomic E-state index is 0.117. The van der Waals surface area contributed by atoms with Crippen molar-refractivity contribution in [2.75, 3.05) is 13.0 Å². The van der Waals surface area contributed by atoms with Crippen molar-refractivity contribution in [2.24, 2.45) is 0 Å². The third-order valence-electron chi connectivity index (χ3n) is 6.20. The van der Waals surface area contributed by atoms with Crippen molar-refractivity contribution in [3.05, 3.63) is 90.6 Å². The summed E-state index contributed by atoms with van der Waals surface area (Å²) in [7, 11) is -2.33. The van der Waals surface area contributed by atoms with Gasteiger partial charge in [-0.1, -0.05) is 23.4 Å². The van der Waals surface area contributed by atoms with Crippen molar-refractivity contribution in [3.63, 3.8) is 0 Å². The van der Waals surface area contributed by atoms with Gasteiger partial charge < -0.3 is 14.0 Å². The number of aryl methyl sites for hydroxylation is 2. The molecule has 5 rings (SSSR count). The lowest BCUT2D eigenvalue weighted by molar-refractivity contribution is -0.274. The first-order valence-electron chi connectivity index (χ1n) is 12.2.